The van der Waals surface area contributed by atoms with E-state index < -0.39 is 10.0 Å². The Bertz CT molecular complexity index is 731. The Morgan fingerprint density at radius 2 is 2.12 bits per heavy atom. The lowest BCUT2D eigenvalue weighted by Gasteiger charge is -2.03. The van der Waals surface area contributed by atoms with Crippen LogP contribution in [0.1, 0.15) is 5.56 Å². The molecule has 6 heteroatoms. The van der Waals surface area contributed by atoms with Crippen LogP contribution in [0.3, 0.4) is 0 Å². The molecule has 86 valence electrons. The molecule has 0 atom stereocenters. The summed E-state index contributed by atoms with van der Waals surface area (Å²) in [6.45, 7) is 1.86. The number of isocyanates is 1. The van der Waals surface area contributed by atoms with Crippen LogP contribution in [0, 0.1) is 6.92 Å². The summed E-state index contributed by atoms with van der Waals surface area (Å²) in [5.74, 6) is 0. The first-order chi connectivity index (χ1) is 8.04. The van der Waals surface area contributed by atoms with Gasteiger partial charge in [0.15, 0.2) is 0 Å². The van der Waals surface area contributed by atoms with Crippen molar-refractivity contribution in [2.24, 2.45) is 4.40 Å². The van der Waals surface area contributed by atoms with Crippen LogP contribution < -0.4 is 0 Å². The minimum atomic E-state index is -4.01. The fourth-order valence-corrected chi connectivity index (χ4v) is 2.41. The smallest absolute Gasteiger partial charge is 0.255 e. The summed E-state index contributed by atoms with van der Waals surface area (Å²) in [6, 6.07) is 6.50. The van der Waals surface area contributed by atoms with Gasteiger partial charge in [-0.25, -0.2) is 4.79 Å². The number of nitrogens with zero attached hydrogens (tertiary/aromatic N) is 2. The number of rotatable bonds is 2. The van der Waals surface area contributed by atoms with Gasteiger partial charge >= 0.3 is 0 Å². The Kier molecular flexibility index (Phi) is 2.75. The molecule has 0 aliphatic heterocycles. The molecule has 0 aliphatic rings. The summed E-state index contributed by atoms with van der Waals surface area (Å²) in [6.07, 6.45) is 2.60. The van der Waals surface area contributed by atoms with Crippen molar-refractivity contribution in [1.29, 1.82) is 0 Å². The SMILES string of the molecule is Cc1cnc2c(S(=O)(=O)N=C=O)cccc2c1. The highest BCUT2D eigenvalue weighted by atomic mass is 32.2. The summed E-state index contributed by atoms with van der Waals surface area (Å²) in [5, 5.41) is 0.687. The highest BCUT2D eigenvalue weighted by Gasteiger charge is 2.17. The first kappa shape index (κ1) is 11.4. The Labute approximate surface area is 97.9 Å². The lowest BCUT2D eigenvalue weighted by molar-refractivity contribution is 0.563. The van der Waals surface area contributed by atoms with Gasteiger partial charge in [-0.3, -0.25) is 4.98 Å². The molecule has 1 aromatic carbocycles. The van der Waals surface area contributed by atoms with E-state index in [9.17, 15) is 13.2 Å². The quantitative estimate of drug-likeness (QED) is 0.597. The lowest BCUT2D eigenvalue weighted by Crippen LogP contribution is -1.98. The lowest BCUT2D eigenvalue weighted by atomic mass is 10.2. The Morgan fingerprint density at radius 3 is 2.82 bits per heavy atom. The van der Waals surface area contributed by atoms with Gasteiger partial charge in [0, 0.05) is 11.6 Å². The number of carbonyl (C=O) groups excluding carboxylic acids is 1. The van der Waals surface area contributed by atoms with E-state index in [1.165, 1.54) is 6.07 Å². The number of benzene rings is 1. The third-order valence-electron chi connectivity index (χ3n) is 2.25. The van der Waals surface area contributed by atoms with E-state index in [4.69, 9.17) is 0 Å². The molecule has 0 saturated carbocycles. The maximum atomic E-state index is 11.7. The molecular formula is C11H8N2O3S. The Morgan fingerprint density at radius 1 is 1.35 bits per heavy atom. The van der Waals surface area contributed by atoms with Crippen molar-refractivity contribution in [1.82, 2.24) is 4.98 Å². The van der Waals surface area contributed by atoms with E-state index in [-0.39, 0.29) is 4.90 Å². The molecule has 0 aliphatic carbocycles. The number of aryl methyl sites for hydroxylation is 1. The number of para-hydroxylation sites is 1. The zero-order valence-corrected chi connectivity index (χ0v) is 9.73. The van der Waals surface area contributed by atoms with Crippen LogP contribution in [0.15, 0.2) is 39.8 Å². The normalized spacial score (nSPS) is 11.1. The fourth-order valence-electron chi connectivity index (χ4n) is 1.55. The van der Waals surface area contributed by atoms with Gasteiger partial charge in [0.1, 0.15) is 4.90 Å². The topological polar surface area (TPSA) is 76.5 Å². The molecule has 5 nitrogen and oxygen atoms in total. The second-order valence-electron chi connectivity index (χ2n) is 3.50. The van der Waals surface area contributed by atoms with Gasteiger partial charge in [0.2, 0.25) is 0 Å². The van der Waals surface area contributed by atoms with Crippen molar-refractivity contribution in [3.05, 3.63) is 36.0 Å². The van der Waals surface area contributed by atoms with Crippen LogP contribution in [-0.2, 0) is 14.8 Å². The van der Waals surface area contributed by atoms with E-state index in [2.05, 4.69) is 9.38 Å². The molecular weight excluding hydrogens is 240 g/mol. The zero-order chi connectivity index (χ0) is 12.5. The number of pyridine rings is 1. The van der Waals surface area contributed by atoms with E-state index in [1.54, 1.807) is 18.3 Å². The van der Waals surface area contributed by atoms with E-state index in [0.29, 0.717) is 10.9 Å². The van der Waals surface area contributed by atoms with Gasteiger partial charge in [0.05, 0.1) is 5.52 Å². The van der Waals surface area contributed by atoms with Crippen molar-refractivity contribution in [2.45, 2.75) is 11.8 Å². The summed E-state index contributed by atoms with van der Waals surface area (Å²) in [7, 11) is -4.01. The Balaban J connectivity index is 2.84. The minimum absolute atomic E-state index is 0.0849. The molecule has 0 radical (unpaired) electrons. The molecule has 0 bridgehead atoms. The first-order valence-electron chi connectivity index (χ1n) is 4.74. The maximum absolute atomic E-state index is 11.7. The standard InChI is InChI=1S/C11H8N2O3S/c1-8-5-9-3-2-4-10(11(9)12-6-8)17(15,16)13-7-14/h2-6H,1H3. The minimum Gasteiger partial charge on any atom is -0.255 e. The summed E-state index contributed by atoms with van der Waals surface area (Å²) < 4.78 is 26.1. The van der Waals surface area contributed by atoms with Crippen molar-refractivity contribution < 1.29 is 13.2 Å². The predicted octanol–water partition coefficient (Wildman–Crippen LogP) is 1.57. The zero-order valence-electron chi connectivity index (χ0n) is 8.91. The summed E-state index contributed by atoms with van der Waals surface area (Å²) in [5.41, 5.74) is 1.23. The van der Waals surface area contributed by atoms with Gasteiger partial charge in [-0.2, -0.15) is 8.42 Å². The number of fused-ring (bicyclic) bond motifs is 1. The van der Waals surface area contributed by atoms with Crippen molar-refractivity contribution in [3.8, 4) is 0 Å². The molecule has 1 aromatic heterocycles. The number of sulfonamides is 1. The van der Waals surface area contributed by atoms with Crippen LogP contribution in [-0.4, -0.2) is 19.5 Å². The van der Waals surface area contributed by atoms with Crippen LogP contribution in [0.4, 0.5) is 0 Å². The van der Waals surface area contributed by atoms with Crippen molar-refractivity contribution in [3.63, 3.8) is 0 Å². The van der Waals surface area contributed by atoms with Crippen LogP contribution >= 0.6 is 0 Å². The second kappa shape index (κ2) is 4.08. The van der Waals surface area contributed by atoms with E-state index in [1.807, 2.05) is 13.0 Å². The van der Waals surface area contributed by atoms with E-state index in [0.717, 1.165) is 11.6 Å². The third kappa shape index (κ3) is 2.08. The van der Waals surface area contributed by atoms with Crippen molar-refractivity contribution >= 4 is 27.0 Å². The van der Waals surface area contributed by atoms with Gasteiger partial charge in [-0.05, 0) is 24.6 Å². The molecule has 0 fully saturated rings. The molecule has 2 aromatic rings. The second-order valence-corrected chi connectivity index (χ2v) is 5.07. The molecule has 1 heterocycles. The highest BCUT2D eigenvalue weighted by molar-refractivity contribution is 7.90. The predicted molar refractivity (Wildman–Crippen MR) is 61.8 cm³/mol. The molecule has 2 rings (SSSR count). The number of hydrogen-bond donors (Lipinski definition) is 0. The van der Waals surface area contributed by atoms with Crippen LogP contribution in [0.5, 0.6) is 0 Å². The van der Waals surface area contributed by atoms with Gasteiger partial charge < -0.3 is 0 Å². The summed E-state index contributed by atoms with van der Waals surface area (Å²) in [4.78, 5) is 14.1. The van der Waals surface area contributed by atoms with Gasteiger partial charge in [-0.15, -0.1) is 0 Å². The van der Waals surface area contributed by atoms with Crippen LogP contribution in [0.25, 0.3) is 10.9 Å². The third-order valence-corrected chi connectivity index (χ3v) is 3.45. The number of aromatic nitrogens is 1. The summed E-state index contributed by atoms with van der Waals surface area (Å²) >= 11 is 0. The molecule has 0 unspecified atom stereocenters. The average molecular weight is 248 g/mol. The molecule has 0 saturated heterocycles. The number of hydrogen-bond acceptors (Lipinski definition) is 4. The largest absolute Gasteiger partial charge is 0.294 e. The molecule has 0 N–H and O–H groups in total. The fraction of sp³-hybridized carbons (Fsp3) is 0.0909. The molecule has 17 heavy (non-hydrogen) atoms. The first-order valence-corrected chi connectivity index (χ1v) is 6.18. The molecule has 0 amide bonds. The van der Waals surface area contributed by atoms with Gasteiger partial charge in [-0.1, -0.05) is 16.5 Å². The van der Waals surface area contributed by atoms with E-state index >= 15 is 0 Å². The average Bonchev–Trinajstić information content (AvgIpc) is 2.27. The van der Waals surface area contributed by atoms with Crippen LogP contribution in [0.2, 0.25) is 0 Å². The highest BCUT2D eigenvalue weighted by Crippen LogP contribution is 2.22. The monoisotopic (exact) mass is 248 g/mol. The Hall–Kier alpha value is -2.04. The van der Waals surface area contributed by atoms with Crippen molar-refractivity contribution in [2.75, 3.05) is 0 Å². The van der Waals surface area contributed by atoms with Gasteiger partial charge in [0.25, 0.3) is 16.1 Å². The molecule has 0 spiro atoms. The maximum Gasteiger partial charge on any atom is 0.294 e.